The molecule has 0 radical (unpaired) electrons. The summed E-state index contributed by atoms with van der Waals surface area (Å²) in [6, 6.07) is 6.23. The highest BCUT2D eigenvalue weighted by Crippen LogP contribution is 2.34. The van der Waals surface area contributed by atoms with Crippen LogP contribution in [0.2, 0.25) is 0 Å². The molecule has 1 saturated heterocycles. The molecule has 1 aromatic carbocycles. The number of nitrogens with zero attached hydrogens (tertiary/aromatic N) is 2. The molecule has 2 N–H and O–H groups in total. The lowest BCUT2D eigenvalue weighted by molar-refractivity contribution is 0.214. The third-order valence-electron chi connectivity index (χ3n) is 3.90. The van der Waals surface area contributed by atoms with Crippen molar-refractivity contribution < 1.29 is 4.79 Å². The predicted molar refractivity (Wildman–Crippen MR) is 72.7 cm³/mol. The highest BCUT2D eigenvalue weighted by atomic mass is 16.2. The fraction of sp³-hybridized carbons (Fsp3) is 0.500. The second kappa shape index (κ2) is 4.19. The van der Waals surface area contributed by atoms with Crippen LogP contribution in [-0.2, 0) is 6.42 Å². The van der Waals surface area contributed by atoms with E-state index in [0.717, 1.165) is 43.7 Å². The minimum absolute atomic E-state index is 0.156. The Balaban J connectivity index is 1.91. The summed E-state index contributed by atoms with van der Waals surface area (Å²) in [5, 5.41) is 0. The van der Waals surface area contributed by atoms with E-state index >= 15 is 0 Å². The number of carbonyl (C=O) groups is 1. The van der Waals surface area contributed by atoms with Crippen LogP contribution < -0.4 is 10.6 Å². The Labute approximate surface area is 107 Å². The summed E-state index contributed by atoms with van der Waals surface area (Å²) in [6.07, 6.45) is 3.16. The average Bonchev–Trinajstić information content (AvgIpc) is 2.94. The van der Waals surface area contributed by atoms with Crippen LogP contribution in [0.15, 0.2) is 18.2 Å². The summed E-state index contributed by atoms with van der Waals surface area (Å²) in [5.41, 5.74) is 8.81. The molecule has 0 aromatic heterocycles. The van der Waals surface area contributed by atoms with Gasteiger partial charge in [0.05, 0.1) is 0 Å². The smallest absolute Gasteiger partial charge is 0.324 e. The molecule has 2 amide bonds. The maximum absolute atomic E-state index is 12.5. The van der Waals surface area contributed by atoms with Gasteiger partial charge in [-0.25, -0.2) is 4.79 Å². The summed E-state index contributed by atoms with van der Waals surface area (Å²) in [4.78, 5) is 16.4. The lowest BCUT2D eigenvalue weighted by Crippen LogP contribution is -2.44. The molecule has 3 rings (SSSR count). The van der Waals surface area contributed by atoms with Crippen molar-refractivity contribution in [3.05, 3.63) is 23.8 Å². The number of carbonyl (C=O) groups excluding carboxylic acids is 1. The van der Waals surface area contributed by atoms with Gasteiger partial charge in [0.25, 0.3) is 0 Å². The topological polar surface area (TPSA) is 49.6 Å². The number of hydrogen-bond donors (Lipinski definition) is 1. The molecule has 2 heterocycles. The van der Waals surface area contributed by atoms with Gasteiger partial charge in [-0.15, -0.1) is 0 Å². The van der Waals surface area contributed by atoms with E-state index in [1.807, 2.05) is 28.0 Å². The summed E-state index contributed by atoms with van der Waals surface area (Å²) in [7, 11) is 0. The zero-order chi connectivity index (χ0) is 12.7. The first-order chi connectivity index (χ1) is 8.66. The monoisotopic (exact) mass is 245 g/mol. The van der Waals surface area contributed by atoms with Gasteiger partial charge in [0.1, 0.15) is 0 Å². The third kappa shape index (κ3) is 1.72. The van der Waals surface area contributed by atoms with E-state index in [4.69, 9.17) is 5.73 Å². The number of nitrogen functional groups attached to an aromatic ring is 1. The summed E-state index contributed by atoms with van der Waals surface area (Å²) >= 11 is 0. The lowest BCUT2D eigenvalue weighted by Gasteiger charge is -2.28. The second-order valence-electron chi connectivity index (χ2n) is 5.29. The van der Waals surface area contributed by atoms with Gasteiger partial charge < -0.3 is 10.6 Å². The van der Waals surface area contributed by atoms with Crippen molar-refractivity contribution in [3.8, 4) is 0 Å². The molecule has 2 aliphatic heterocycles. The van der Waals surface area contributed by atoms with Gasteiger partial charge >= 0.3 is 6.03 Å². The van der Waals surface area contributed by atoms with Crippen molar-refractivity contribution in [2.24, 2.45) is 0 Å². The Morgan fingerprint density at radius 3 is 2.78 bits per heavy atom. The molecule has 2 aliphatic rings. The maximum Gasteiger partial charge on any atom is 0.324 e. The van der Waals surface area contributed by atoms with E-state index < -0.39 is 0 Å². The number of urea groups is 1. The molecule has 0 saturated carbocycles. The number of fused-ring (bicyclic) bond motifs is 1. The molecule has 4 nitrogen and oxygen atoms in total. The Kier molecular flexibility index (Phi) is 2.65. The maximum atomic E-state index is 12.5. The number of likely N-dealkylation sites (tertiary alicyclic amines) is 1. The van der Waals surface area contributed by atoms with Gasteiger partial charge in [-0.05, 0) is 49.9 Å². The fourth-order valence-corrected chi connectivity index (χ4v) is 3.00. The molecular formula is C14H19N3O. The molecule has 0 spiro atoms. The van der Waals surface area contributed by atoms with Crippen LogP contribution in [0.3, 0.4) is 0 Å². The summed E-state index contributed by atoms with van der Waals surface area (Å²) in [6.45, 7) is 3.89. The molecule has 1 unspecified atom stereocenters. The Bertz CT molecular complexity index is 480. The van der Waals surface area contributed by atoms with E-state index in [-0.39, 0.29) is 12.1 Å². The van der Waals surface area contributed by atoms with Gasteiger partial charge in [0.2, 0.25) is 0 Å². The summed E-state index contributed by atoms with van der Waals surface area (Å²) in [5.74, 6) is 0. The van der Waals surface area contributed by atoms with Crippen LogP contribution >= 0.6 is 0 Å². The molecule has 4 heteroatoms. The largest absolute Gasteiger partial charge is 0.399 e. The Morgan fingerprint density at radius 2 is 2.06 bits per heavy atom. The Hall–Kier alpha value is -1.71. The van der Waals surface area contributed by atoms with Crippen molar-refractivity contribution in [2.75, 3.05) is 23.7 Å². The van der Waals surface area contributed by atoms with Gasteiger partial charge in [0, 0.05) is 30.5 Å². The zero-order valence-corrected chi connectivity index (χ0v) is 10.7. The van der Waals surface area contributed by atoms with E-state index in [9.17, 15) is 4.79 Å². The second-order valence-corrected chi connectivity index (χ2v) is 5.29. The van der Waals surface area contributed by atoms with Crippen molar-refractivity contribution in [1.29, 1.82) is 0 Å². The van der Waals surface area contributed by atoms with Crippen molar-refractivity contribution >= 4 is 17.4 Å². The first-order valence-electron chi connectivity index (χ1n) is 6.63. The Morgan fingerprint density at radius 1 is 1.33 bits per heavy atom. The van der Waals surface area contributed by atoms with Crippen LogP contribution in [-0.4, -0.2) is 30.1 Å². The van der Waals surface area contributed by atoms with Gasteiger partial charge in [-0.1, -0.05) is 0 Å². The van der Waals surface area contributed by atoms with E-state index in [1.54, 1.807) is 0 Å². The first kappa shape index (κ1) is 11.4. The molecule has 1 atom stereocenters. The van der Waals surface area contributed by atoms with Gasteiger partial charge in [-0.3, -0.25) is 4.90 Å². The lowest BCUT2D eigenvalue weighted by atomic mass is 10.1. The number of hydrogen-bond acceptors (Lipinski definition) is 2. The number of anilines is 2. The molecular weight excluding hydrogens is 226 g/mol. The van der Waals surface area contributed by atoms with Crippen molar-refractivity contribution in [3.63, 3.8) is 0 Å². The molecule has 96 valence electrons. The van der Waals surface area contributed by atoms with Crippen LogP contribution in [0.5, 0.6) is 0 Å². The summed E-state index contributed by atoms with van der Waals surface area (Å²) < 4.78 is 0. The van der Waals surface area contributed by atoms with E-state index in [0.29, 0.717) is 0 Å². The predicted octanol–water partition coefficient (Wildman–Crippen LogP) is 2.24. The minimum Gasteiger partial charge on any atom is -0.399 e. The normalized spacial score (nSPS) is 22.4. The van der Waals surface area contributed by atoms with Gasteiger partial charge in [0.15, 0.2) is 0 Å². The number of amides is 2. The highest BCUT2D eigenvalue weighted by molar-refractivity contribution is 5.95. The number of nitrogens with two attached hydrogens (primary N) is 1. The van der Waals surface area contributed by atoms with Crippen molar-refractivity contribution in [2.45, 2.75) is 32.2 Å². The van der Waals surface area contributed by atoms with Crippen molar-refractivity contribution in [1.82, 2.24) is 4.90 Å². The first-order valence-corrected chi connectivity index (χ1v) is 6.63. The average molecular weight is 245 g/mol. The van der Waals surface area contributed by atoms with E-state index in [2.05, 4.69) is 6.92 Å². The third-order valence-corrected chi connectivity index (χ3v) is 3.90. The quantitative estimate of drug-likeness (QED) is 0.713. The standard InChI is InChI=1S/C14H19N3O/c1-10-8-11-9-12(15)4-5-13(11)17(10)14(18)16-6-2-3-7-16/h4-5,9-10H,2-3,6-8,15H2,1H3. The van der Waals surface area contributed by atoms with Gasteiger partial charge in [-0.2, -0.15) is 0 Å². The molecule has 1 aromatic rings. The van der Waals surface area contributed by atoms with Crippen LogP contribution in [0.25, 0.3) is 0 Å². The fourth-order valence-electron chi connectivity index (χ4n) is 3.00. The minimum atomic E-state index is 0.156. The number of benzene rings is 1. The highest BCUT2D eigenvalue weighted by Gasteiger charge is 2.34. The molecule has 0 bridgehead atoms. The molecule has 0 aliphatic carbocycles. The zero-order valence-electron chi connectivity index (χ0n) is 10.7. The van der Waals surface area contributed by atoms with Crippen LogP contribution in [0, 0.1) is 0 Å². The number of rotatable bonds is 0. The molecule has 18 heavy (non-hydrogen) atoms. The SMILES string of the molecule is CC1Cc2cc(N)ccc2N1C(=O)N1CCCC1. The van der Waals surface area contributed by atoms with Crippen LogP contribution in [0.1, 0.15) is 25.3 Å². The van der Waals surface area contributed by atoms with E-state index in [1.165, 1.54) is 5.56 Å². The molecule has 1 fully saturated rings. The van der Waals surface area contributed by atoms with Crippen LogP contribution in [0.4, 0.5) is 16.2 Å².